The zero-order valence-electron chi connectivity index (χ0n) is 22.3. The average Bonchev–Trinajstić information content (AvgIpc) is 2.89. The van der Waals surface area contributed by atoms with Crippen LogP contribution in [0.4, 0.5) is 15.8 Å². The molecule has 0 spiro atoms. The maximum Gasteiger partial charge on any atom is 0.229 e. The number of anilines is 2. The number of aryl methyl sites for hydroxylation is 2. The molecular weight excluding hydrogens is 461 g/mol. The van der Waals surface area contributed by atoms with Crippen molar-refractivity contribution in [1.82, 2.24) is 4.90 Å². The van der Waals surface area contributed by atoms with Gasteiger partial charge in [0, 0.05) is 56.6 Å². The van der Waals surface area contributed by atoms with Gasteiger partial charge in [-0.1, -0.05) is 55.5 Å². The largest absolute Gasteiger partial charge is 0.369 e. The van der Waals surface area contributed by atoms with Crippen LogP contribution in [-0.4, -0.2) is 43.5 Å². The maximum atomic E-state index is 14.3. The van der Waals surface area contributed by atoms with Gasteiger partial charge in [-0.2, -0.15) is 0 Å². The second-order valence-corrected chi connectivity index (χ2v) is 10.9. The van der Waals surface area contributed by atoms with Crippen LogP contribution < -0.4 is 9.80 Å². The van der Waals surface area contributed by atoms with Gasteiger partial charge in [-0.25, -0.2) is 4.39 Å². The lowest BCUT2D eigenvalue weighted by atomic mass is 9.84. The Morgan fingerprint density at radius 2 is 1.54 bits per heavy atom. The third-order valence-corrected chi connectivity index (χ3v) is 8.00. The van der Waals surface area contributed by atoms with E-state index >= 15 is 0 Å². The number of para-hydroxylation sites is 1. The fraction of sp³-hybridized carbons (Fsp3) is 0.406. The predicted octanol–water partition coefficient (Wildman–Crippen LogP) is 6.00. The number of rotatable bonds is 6. The molecule has 37 heavy (non-hydrogen) atoms. The van der Waals surface area contributed by atoms with Gasteiger partial charge in [-0.05, 0) is 73.1 Å². The summed E-state index contributed by atoms with van der Waals surface area (Å²) in [6.07, 6.45) is 1.46. The summed E-state index contributed by atoms with van der Waals surface area (Å²) in [6, 6.07) is 22.2. The summed E-state index contributed by atoms with van der Waals surface area (Å²) >= 11 is 0. The molecule has 0 saturated carbocycles. The van der Waals surface area contributed by atoms with Crippen molar-refractivity contribution in [2.75, 3.05) is 42.5 Å². The van der Waals surface area contributed by atoms with Crippen LogP contribution in [-0.2, 0) is 17.8 Å². The SMILES string of the molecule is Cc1cc(CN2CCN(c3ccccc3)CC2)cc(C)c1N1C[C@@H](Cc2ccccc2F)C[C@@H](C)C1=O. The van der Waals surface area contributed by atoms with Gasteiger partial charge in [0.05, 0.1) is 0 Å². The highest BCUT2D eigenvalue weighted by Crippen LogP contribution is 2.35. The second-order valence-electron chi connectivity index (χ2n) is 10.9. The first-order valence-electron chi connectivity index (χ1n) is 13.6. The van der Waals surface area contributed by atoms with Crippen molar-refractivity contribution in [3.05, 3.63) is 94.8 Å². The van der Waals surface area contributed by atoms with Gasteiger partial charge in [0.1, 0.15) is 5.82 Å². The molecule has 0 radical (unpaired) electrons. The highest BCUT2D eigenvalue weighted by atomic mass is 19.1. The molecule has 1 amide bonds. The molecule has 5 rings (SSSR count). The quantitative estimate of drug-likeness (QED) is 0.416. The molecule has 3 aromatic rings. The third kappa shape index (κ3) is 5.72. The molecule has 5 heteroatoms. The van der Waals surface area contributed by atoms with E-state index in [9.17, 15) is 9.18 Å². The normalized spacial score (nSPS) is 20.9. The van der Waals surface area contributed by atoms with Crippen LogP contribution in [0, 0.1) is 31.5 Å². The van der Waals surface area contributed by atoms with Crippen LogP contribution in [0.2, 0.25) is 0 Å². The van der Waals surface area contributed by atoms with Crippen LogP contribution in [0.25, 0.3) is 0 Å². The molecule has 3 aromatic carbocycles. The van der Waals surface area contributed by atoms with E-state index < -0.39 is 0 Å². The van der Waals surface area contributed by atoms with Crippen molar-refractivity contribution in [2.45, 2.75) is 40.2 Å². The number of carbonyl (C=O) groups excluding carboxylic acids is 1. The summed E-state index contributed by atoms with van der Waals surface area (Å²) < 4.78 is 14.3. The van der Waals surface area contributed by atoms with E-state index in [-0.39, 0.29) is 23.6 Å². The summed E-state index contributed by atoms with van der Waals surface area (Å²) in [7, 11) is 0. The lowest BCUT2D eigenvalue weighted by Gasteiger charge is -2.38. The molecule has 0 aromatic heterocycles. The lowest BCUT2D eigenvalue weighted by molar-refractivity contribution is -0.124. The number of hydrogen-bond donors (Lipinski definition) is 0. The minimum Gasteiger partial charge on any atom is -0.369 e. The van der Waals surface area contributed by atoms with E-state index in [2.05, 4.69) is 66.1 Å². The van der Waals surface area contributed by atoms with Crippen LogP contribution in [0.5, 0.6) is 0 Å². The summed E-state index contributed by atoms with van der Waals surface area (Å²) in [5.74, 6) is 0.203. The number of halogens is 1. The highest BCUT2D eigenvalue weighted by Gasteiger charge is 2.34. The minimum atomic E-state index is -0.153. The highest BCUT2D eigenvalue weighted by molar-refractivity contribution is 5.97. The first kappa shape index (κ1) is 25.5. The van der Waals surface area contributed by atoms with Crippen LogP contribution in [0.1, 0.15) is 35.6 Å². The summed E-state index contributed by atoms with van der Waals surface area (Å²) in [6.45, 7) is 12.0. The molecular formula is C32H38FN3O. The Kier molecular flexibility index (Phi) is 7.61. The standard InChI is InChI=1S/C32H38FN3O/c1-23-17-26(21-34-13-15-35(16-14-34)29-10-5-4-6-11-29)18-24(2)31(23)36-22-27(19-25(3)32(36)37)20-28-9-7-8-12-30(28)33/h4-12,17-18,25,27H,13-16,19-22H2,1-3H3/t25-,27-/m1/s1. The van der Waals surface area contributed by atoms with Gasteiger partial charge < -0.3 is 9.80 Å². The van der Waals surface area contributed by atoms with Gasteiger partial charge in [0.2, 0.25) is 5.91 Å². The number of amides is 1. The molecule has 2 atom stereocenters. The predicted molar refractivity (Wildman–Crippen MR) is 150 cm³/mol. The first-order valence-corrected chi connectivity index (χ1v) is 13.6. The van der Waals surface area contributed by atoms with E-state index in [1.165, 1.54) is 17.3 Å². The number of hydrogen-bond acceptors (Lipinski definition) is 3. The van der Waals surface area contributed by atoms with Crippen molar-refractivity contribution in [2.24, 2.45) is 11.8 Å². The summed E-state index contributed by atoms with van der Waals surface area (Å²) in [5, 5.41) is 0. The molecule has 2 aliphatic heterocycles. The van der Waals surface area contributed by atoms with Gasteiger partial charge in [-0.15, -0.1) is 0 Å². The molecule has 0 unspecified atom stereocenters. The van der Waals surface area contributed by atoms with Gasteiger partial charge >= 0.3 is 0 Å². The molecule has 0 N–H and O–H groups in total. The Morgan fingerprint density at radius 3 is 2.22 bits per heavy atom. The zero-order chi connectivity index (χ0) is 25.9. The van der Waals surface area contributed by atoms with Crippen molar-refractivity contribution in [1.29, 1.82) is 0 Å². The number of piperidine rings is 1. The van der Waals surface area contributed by atoms with E-state index in [4.69, 9.17) is 0 Å². The average molecular weight is 500 g/mol. The minimum absolute atomic E-state index is 0.0649. The number of carbonyl (C=O) groups is 1. The van der Waals surface area contributed by atoms with Crippen molar-refractivity contribution in [3.8, 4) is 0 Å². The number of piperazine rings is 1. The van der Waals surface area contributed by atoms with Gasteiger partial charge in [0.15, 0.2) is 0 Å². The number of nitrogens with zero attached hydrogens (tertiary/aromatic N) is 3. The molecule has 2 aliphatic rings. The van der Waals surface area contributed by atoms with E-state index in [0.717, 1.165) is 61.5 Å². The summed E-state index contributed by atoms with van der Waals surface area (Å²) in [4.78, 5) is 20.2. The third-order valence-electron chi connectivity index (χ3n) is 8.00. The van der Waals surface area contributed by atoms with E-state index in [0.29, 0.717) is 13.0 Å². The van der Waals surface area contributed by atoms with Crippen LogP contribution in [0.3, 0.4) is 0 Å². The summed E-state index contributed by atoms with van der Waals surface area (Å²) in [5.41, 5.74) is 6.66. The number of benzene rings is 3. The molecule has 4 nitrogen and oxygen atoms in total. The fourth-order valence-corrected chi connectivity index (χ4v) is 6.24. The lowest BCUT2D eigenvalue weighted by Crippen LogP contribution is -2.46. The Bertz CT molecular complexity index is 1210. The van der Waals surface area contributed by atoms with Crippen LogP contribution in [0.15, 0.2) is 66.7 Å². The van der Waals surface area contributed by atoms with Crippen molar-refractivity contribution in [3.63, 3.8) is 0 Å². The molecule has 194 valence electrons. The monoisotopic (exact) mass is 499 g/mol. The second kappa shape index (κ2) is 11.1. The smallest absolute Gasteiger partial charge is 0.229 e. The zero-order valence-corrected chi connectivity index (χ0v) is 22.3. The van der Waals surface area contributed by atoms with E-state index in [1.807, 2.05) is 24.0 Å². The molecule has 0 bridgehead atoms. The maximum absolute atomic E-state index is 14.3. The van der Waals surface area contributed by atoms with Crippen molar-refractivity contribution >= 4 is 17.3 Å². The van der Waals surface area contributed by atoms with E-state index in [1.54, 1.807) is 6.07 Å². The Hall–Kier alpha value is -3.18. The topological polar surface area (TPSA) is 26.8 Å². The van der Waals surface area contributed by atoms with Gasteiger partial charge in [0.25, 0.3) is 0 Å². The molecule has 0 aliphatic carbocycles. The fourth-order valence-electron chi connectivity index (χ4n) is 6.24. The first-order chi connectivity index (χ1) is 17.9. The van der Waals surface area contributed by atoms with Gasteiger partial charge in [-0.3, -0.25) is 9.69 Å². The van der Waals surface area contributed by atoms with Crippen LogP contribution >= 0.6 is 0 Å². The Morgan fingerprint density at radius 1 is 0.892 bits per heavy atom. The van der Waals surface area contributed by atoms with Crippen molar-refractivity contribution < 1.29 is 9.18 Å². The Labute approximate surface area is 220 Å². The Balaban J connectivity index is 1.27. The molecule has 2 fully saturated rings. The molecule has 2 saturated heterocycles. The molecule has 2 heterocycles.